The molecule has 1 rings (SSSR count). The number of nitrogens with one attached hydrogen (secondary N) is 1. The lowest BCUT2D eigenvalue weighted by Crippen LogP contribution is -2.25. The molecule has 0 spiro atoms. The number of hydrogen-bond donors (Lipinski definition) is 1. The molecule has 0 saturated heterocycles. The van der Waals surface area contributed by atoms with Gasteiger partial charge in [-0.25, -0.2) is 0 Å². The van der Waals surface area contributed by atoms with Gasteiger partial charge >= 0.3 is 11.2 Å². The summed E-state index contributed by atoms with van der Waals surface area (Å²) in [5.41, 5.74) is -0.197. The summed E-state index contributed by atoms with van der Waals surface area (Å²) in [5.74, 6) is 0. The highest BCUT2D eigenvalue weighted by Gasteiger charge is 2.13. The molecule has 1 aromatic heterocycles. The third kappa shape index (κ3) is 3.81. The molecule has 1 N–H and O–H groups in total. The van der Waals surface area contributed by atoms with Crippen LogP contribution in [0.4, 0.5) is 5.69 Å². The second kappa shape index (κ2) is 6.70. The fourth-order valence-corrected chi connectivity index (χ4v) is 1.53. The van der Waals surface area contributed by atoms with Crippen molar-refractivity contribution in [3.05, 3.63) is 50.9 Å². The second-order valence-corrected chi connectivity index (χ2v) is 4.01. The first-order valence-electron chi connectivity index (χ1n) is 5.77. The Kier molecular flexibility index (Phi) is 5.26. The molecule has 1 heterocycles. The van der Waals surface area contributed by atoms with Crippen LogP contribution in [0.5, 0.6) is 0 Å². The summed E-state index contributed by atoms with van der Waals surface area (Å²) < 4.78 is 1.30. The fraction of sp³-hybridized carbons (Fsp3) is 0.417. The Hall–Kier alpha value is -1.95. The molecule has 0 atom stereocenters. The Morgan fingerprint density at radius 3 is 2.94 bits per heavy atom. The summed E-state index contributed by atoms with van der Waals surface area (Å²) in [6.07, 6.45) is 2.55. The van der Waals surface area contributed by atoms with Crippen LogP contribution in [-0.4, -0.2) is 22.6 Å². The van der Waals surface area contributed by atoms with Gasteiger partial charge in [0, 0.05) is 25.4 Å². The highest BCUT2D eigenvalue weighted by Crippen LogP contribution is 2.03. The first-order valence-corrected chi connectivity index (χ1v) is 5.77. The van der Waals surface area contributed by atoms with Crippen LogP contribution in [0.3, 0.4) is 0 Å². The van der Waals surface area contributed by atoms with E-state index in [9.17, 15) is 14.9 Å². The van der Waals surface area contributed by atoms with Crippen LogP contribution in [0.2, 0.25) is 0 Å². The van der Waals surface area contributed by atoms with Gasteiger partial charge in [0.1, 0.15) is 0 Å². The van der Waals surface area contributed by atoms with Crippen molar-refractivity contribution >= 4 is 5.69 Å². The lowest BCUT2D eigenvalue weighted by Gasteiger charge is -2.09. The van der Waals surface area contributed by atoms with Crippen LogP contribution in [0.15, 0.2) is 35.3 Å². The third-order valence-corrected chi connectivity index (χ3v) is 2.39. The van der Waals surface area contributed by atoms with Gasteiger partial charge in [0.25, 0.3) is 0 Å². The zero-order chi connectivity index (χ0) is 13.5. The van der Waals surface area contributed by atoms with E-state index in [0.717, 1.165) is 18.5 Å². The van der Waals surface area contributed by atoms with Crippen molar-refractivity contribution < 1.29 is 4.92 Å². The maximum atomic E-state index is 11.7. The molecule has 0 saturated carbocycles. The van der Waals surface area contributed by atoms with Crippen molar-refractivity contribution in [3.63, 3.8) is 0 Å². The van der Waals surface area contributed by atoms with E-state index in [4.69, 9.17) is 0 Å². The molecule has 0 aromatic carbocycles. The molecule has 0 amide bonds. The molecule has 6 nitrogen and oxygen atoms in total. The van der Waals surface area contributed by atoms with Crippen molar-refractivity contribution in [1.82, 2.24) is 9.88 Å². The van der Waals surface area contributed by atoms with E-state index in [1.165, 1.54) is 22.9 Å². The van der Waals surface area contributed by atoms with Crippen molar-refractivity contribution in [2.24, 2.45) is 0 Å². The zero-order valence-electron chi connectivity index (χ0n) is 10.4. The van der Waals surface area contributed by atoms with E-state index >= 15 is 0 Å². The molecule has 18 heavy (non-hydrogen) atoms. The summed E-state index contributed by atoms with van der Waals surface area (Å²) in [7, 11) is 0. The van der Waals surface area contributed by atoms with E-state index in [1.54, 1.807) is 0 Å². The van der Waals surface area contributed by atoms with Gasteiger partial charge in [0.2, 0.25) is 0 Å². The quantitative estimate of drug-likeness (QED) is 0.343. The van der Waals surface area contributed by atoms with Crippen LogP contribution >= 0.6 is 0 Å². The van der Waals surface area contributed by atoms with E-state index in [-0.39, 0.29) is 6.54 Å². The lowest BCUT2D eigenvalue weighted by atomic mass is 10.3. The van der Waals surface area contributed by atoms with Gasteiger partial charge in [-0.3, -0.25) is 14.9 Å². The summed E-state index contributed by atoms with van der Waals surface area (Å²) in [4.78, 5) is 21.7. The number of hydrogen-bond acceptors (Lipinski definition) is 4. The van der Waals surface area contributed by atoms with Crippen LogP contribution in [0.1, 0.15) is 13.3 Å². The minimum absolute atomic E-state index is 0.289. The molecule has 0 unspecified atom stereocenters. The summed E-state index contributed by atoms with van der Waals surface area (Å²) in [6, 6.07) is 2.70. The van der Waals surface area contributed by atoms with E-state index < -0.39 is 16.2 Å². The van der Waals surface area contributed by atoms with Crippen LogP contribution < -0.4 is 10.9 Å². The Morgan fingerprint density at radius 2 is 2.33 bits per heavy atom. The molecule has 0 aliphatic carbocycles. The number of nitro groups is 1. The molecule has 0 aliphatic rings. The lowest BCUT2D eigenvalue weighted by molar-refractivity contribution is -0.386. The number of rotatable bonds is 7. The van der Waals surface area contributed by atoms with Gasteiger partial charge in [0.05, 0.1) is 4.92 Å². The molecule has 0 aliphatic heterocycles. The van der Waals surface area contributed by atoms with Crippen molar-refractivity contribution in [3.8, 4) is 0 Å². The van der Waals surface area contributed by atoms with Crippen molar-refractivity contribution in [2.75, 3.05) is 13.1 Å². The fourth-order valence-electron chi connectivity index (χ4n) is 1.53. The van der Waals surface area contributed by atoms with Gasteiger partial charge in [-0.15, -0.1) is 0 Å². The monoisotopic (exact) mass is 251 g/mol. The number of pyridine rings is 1. The van der Waals surface area contributed by atoms with Crippen molar-refractivity contribution in [1.29, 1.82) is 0 Å². The van der Waals surface area contributed by atoms with Crippen LogP contribution in [0.25, 0.3) is 0 Å². The standard InChI is InChI=1S/C12H17N3O3/c1-3-6-13-8-10(2)9-14-7-4-5-11(12(14)16)15(17)18/h4-5,7,13H,2-3,6,8-9H2,1H3. The van der Waals surface area contributed by atoms with Gasteiger partial charge in [0.15, 0.2) is 0 Å². The minimum atomic E-state index is -0.670. The normalized spacial score (nSPS) is 10.3. The van der Waals surface area contributed by atoms with E-state index in [2.05, 4.69) is 18.8 Å². The average Bonchev–Trinajstić information content (AvgIpc) is 2.32. The molecular weight excluding hydrogens is 234 g/mol. The number of nitrogens with zero attached hydrogens (tertiary/aromatic N) is 2. The van der Waals surface area contributed by atoms with Gasteiger partial charge in [-0.1, -0.05) is 13.5 Å². The predicted molar refractivity (Wildman–Crippen MR) is 69.7 cm³/mol. The first kappa shape index (κ1) is 14.1. The number of aromatic nitrogens is 1. The van der Waals surface area contributed by atoms with Crippen molar-refractivity contribution in [2.45, 2.75) is 19.9 Å². The minimum Gasteiger partial charge on any atom is -0.313 e. The molecule has 98 valence electrons. The Morgan fingerprint density at radius 1 is 1.61 bits per heavy atom. The topological polar surface area (TPSA) is 77.2 Å². The molecule has 1 aromatic rings. The molecule has 0 fully saturated rings. The molecule has 6 heteroatoms. The van der Waals surface area contributed by atoms with Gasteiger partial charge in [-0.2, -0.15) is 0 Å². The van der Waals surface area contributed by atoms with Gasteiger partial charge in [-0.05, 0) is 24.6 Å². The smallest absolute Gasteiger partial charge is 0.313 e. The maximum absolute atomic E-state index is 11.7. The molecule has 0 bridgehead atoms. The average molecular weight is 251 g/mol. The SMILES string of the molecule is C=C(CNCCC)Cn1cccc([N+](=O)[O-])c1=O. The first-order chi connectivity index (χ1) is 8.56. The Bertz CT molecular complexity index is 494. The van der Waals surface area contributed by atoms with Crippen LogP contribution in [-0.2, 0) is 6.54 Å². The molecular formula is C12H17N3O3. The van der Waals surface area contributed by atoms with Crippen LogP contribution in [0, 0.1) is 10.1 Å². The Balaban J connectivity index is 2.73. The summed E-state index contributed by atoms with van der Waals surface area (Å²) in [5, 5.41) is 13.8. The summed E-state index contributed by atoms with van der Waals surface area (Å²) >= 11 is 0. The maximum Gasteiger partial charge on any atom is 0.334 e. The zero-order valence-corrected chi connectivity index (χ0v) is 10.4. The third-order valence-electron chi connectivity index (χ3n) is 2.39. The second-order valence-electron chi connectivity index (χ2n) is 4.01. The predicted octanol–water partition coefficient (Wildman–Crippen LogP) is 1.31. The van der Waals surface area contributed by atoms with Gasteiger partial charge < -0.3 is 9.88 Å². The highest BCUT2D eigenvalue weighted by molar-refractivity contribution is 5.25. The highest BCUT2D eigenvalue weighted by atomic mass is 16.6. The van der Waals surface area contributed by atoms with E-state index in [1.807, 2.05) is 0 Å². The molecule has 0 radical (unpaired) electrons. The summed E-state index contributed by atoms with van der Waals surface area (Å²) in [6.45, 7) is 7.67. The Labute approximate surface area is 105 Å². The van der Waals surface area contributed by atoms with E-state index in [0.29, 0.717) is 6.54 Å². The largest absolute Gasteiger partial charge is 0.334 e.